The van der Waals surface area contributed by atoms with Crippen LogP contribution in [0, 0.1) is 0 Å². The Hall–Kier alpha value is -0.370. The molecule has 0 heterocycles. The Morgan fingerprint density at radius 1 is 0.609 bits per heavy atom. The topological polar surface area (TPSA) is 37.3 Å². The highest BCUT2D eigenvalue weighted by atomic mass is 16.3. The molecule has 23 heavy (non-hydrogen) atoms. The number of rotatable bonds is 19. The van der Waals surface area contributed by atoms with Gasteiger partial charge in [0.15, 0.2) is 0 Å². The normalized spacial score (nSPS) is 12.4. The molecule has 0 aliphatic heterocycles. The molecule has 1 radical (unpaired) electrons. The van der Waals surface area contributed by atoms with Gasteiger partial charge in [-0.1, -0.05) is 116 Å². The van der Waals surface area contributed by atoms with Gasteiger partial charge in [0.25, 0.3) is 0 Å². The number of hydrogen-bond acceptors (Lipinski definition) is 2. The van der Waals surface area contributed by atoms with E-state index in [4.69, 9.17) is 5.11 Å². The zero-order chi connectivity index (χ0) is 17.0. The minimum absolute atomic E-state index is 0.585. The third kappa shape index (κ3) is 19.6. The van der Waals surface area contributed by atoms with E-state index in [1.54, 1.807) is 6.29 Å². The average molecular weight is 326 g/mol. The number of hydrogen-bond donors (Lipinski definition) is 1. The lowest BCUT2D eigenvalue weighted by atomic mass is 10.0. The van der Waals surface area contributed by atoms with Gasteiger partial charge in [-0.25, -0.2) is 0 Å². The first-order chi connectivity index (χ1) is 11.3. The molecule has 1 unspecified atom stereocenters. The van der Waals surface area contributed by atoms with E-state index in [-0.39, 0.29) is 0 Å². The van der Waals surface area contributed by atoms with Crippen molar-refractivity contribution in [3.63, 3.8) is 0 Å². The summed E-state index contributed by atoms with van der Waals surface area (Å²) in [7, 11) is 0. The fraction of sp³-hybridized carbons (Fsp3) is 0.952. The molecular weight excluding hydrogens is 284 g/mol. The monoisotopic (exact) mass is 325 g/mol. The number of unbranched alkanes of at least 4 members (excludes halogenated alkanes) is 16. The second-order valence-corrected chi connectivity index (χ2v) is 7.08. The van der Waals surface area contributed by atoms with E-state index >= 15 is 0 Å². The Kier molecular flexibility index (Phi) is 19.4. The predicted octanol–water partition coefficient (Wildman–Crippen LogP) is 6.50. The van der Waals surface area contributed by atoms with E-state index in [1.807, 2.05) is 0 Å². The largest absolute Gasteiger partial charge is 0.385 e. The lowest BCUT2D eigenvalue weighted by Gasteiger charge is -2.04. The lowest BCUT2D eigenvalue weighted by Crippen LogP contribution is -2.06. The van der Waals surface area contributed by atoms with Crippen LogP contribution in [0.4, 0.5) is 0 Å². The van der Waals surface area contributed by atoms with Crippen LogP contribution < -0.4 is 0 Å². The van der Waals surface area contributed by atoms with Crippen molar-refractivity contribution in [2.24, 2.45) is 0 Å². The maximum absolute atomic E-state index is 10.1. The van der Waals surface area contributed by atoms with Crippen LogP contribution >= 0.6 is 0 Å². The molecule has 2 nitrogen and oxygen atoms in total. The van der Waals surface area contributed by atoms with Gasteiger partial charge in [-0.3, -0.25) is 4.79 Å². The van der Waals surface area contributed by atoms with Crippen LogP contribution in [-0.2, 0) is 4.79 Å². The summed E-state index contributed by atoms with van der Waals surface area (Å²) in [6, 6.07) is 0. The maximum atomic E-state index is 10.1. The predicted molar refractivity (Wildman–Crippen MR) is 100 cm³/mol. The molecule has 0 saturated carbocycles. The van der Waals surface area contributed by atoms with Crippen molar-refractivity contribution < 1.29 is 9.90 Å². The zero-order valence-corrected chi connectivity index (χ0v) is 15.7. The Bertz CT molecular complexity index is 228. The third-order valence-corrected chi connectivity index (χ3v) is 4.72. The summed E-state index contributed by atoms with van der Waals surface area (Å²) in [5.41, 5.74) is 0. The van der Waals surface area contributed by atoms with E-state index in [9.17, 15) is 4.79 Å². The molecule has 0 rings (SSSR count). The number of aliphatic hydroxyl groups is 1. The van der Waals surface area contributed by atoms with Gasteiger partial charge in [0, 0.05) is 0 Å². The Morgan fingerprint density at radius 2 is 0.913 bits per heavy atom. The maximum Gasteiger partial charge on any atom is 0.229 e. The first-order valence-electron chi connectivity index (χ1n) is 10.4. The third-order valence-electron chi connectivity index (χ3n) is 4.72. The second kappa shape index (κ2) is 19.7. The average Bonchev–Trinajstić information content (AvgIpc) is 2.57. The fourth-order valence-electron chi connectivity index (χ4n) is 3.12. The molecule has 2 heteroatoms. The lowest BCUT2D eigenvalue weighted by molar-refractivity contribution is 0.219. The van der Waals surface area contributed by atoms with E-state index in [2.05, 4.69) is 6.92 Å². The van der Waals surface area contributed by atoms with Crippen LogP contribution in [0.2, 0.25) is 0 Å². The quantitative estimate of drug-likeness (QED) is 0.275. The molecule has 0 fully saturated rings. The van der Waals surface area contributed by atoms with Crippen molar-refractivity contribution in [1.82, 2.24) is 0 Å². The molecule has 0 aromatic carbocycles. The number of carbonyl (C=O) groups excluding carboxylic acids is 1. The van der Waals surface area contributed by atoms with E-state index in [0.29, 0.717) is 6.42 Å². The molecule has 0 aromatic rings. The van der Waals surface area contributed by atoms with Crippen LogP contribution in [-0.4, -0.2) is 17.5 Å². The Morgan fingerprint density at radius 3 is 1.22 bits per heavy atom. The molecule has 0 saturated heterocycles. The van der Waals surface area contributed by atoms with Gasteiger partial charge < -0.3 is 5.11 Å². The van der Waals surface area contributed by atoms with Gasteiger partial charge in [-0.15, -0.1) is 0 Å². The Labute approximate surface area is 145 Å². The summed E-state index contributed by atoms with van der Waals surface area (Å²) in [4.78, 5) is 10.1. The van der Waals surface area contributed by atoms with Gasteiger partial charge in [-0.2, -0.15) is 0 Å². The van der Waals surface area contributed by atoms with Crippen LogP contribution in [0.25, 0.3) is 0 Å². The van der Waals surface area contributed by atoms with E-state index in [1.165, 1.54) is 96.3 Å². The molecule has 0 aliphatic rings. The first-order valence-corrected chi connectivity index (χ1v) is 10.4. The van der Waals surface area contributed by atoms with Crippen LogP contribution in [0.5, 0.6) is 0 Å². The minimum atomic E-state index is -0.855. The van der Waals surface area contributed by atoms with Crippen molar-refractivity contribution in [2.45, 2.75) is 129 Å². The van der Waals surface area contributed by atoms with Crippen LogP contribution in [0.3, 0.4) is 0 Å². The van der Waals surface area contributed by atoms with Gasteiger partial charge in [0.2, 0.25) is 6.29 Å². The SMILES string of the molecule is CCCCCCCCCCCCCCCCCCCC(O)[C]=O. The molecule has 137 valence electrons. The highest BCUT2D eigenvalue weighted by molar-refractivity contribution is 5.56. The van der Waals surface area contributed by atoms with E-state index in [0.717, 1.165) is 12.8 Å². The summed E-state index contributed by atoms with van der Waals surface area (Å²) >= 11 is 0. The fourth-order valence-corrected chi connectivity index (χ4v) is 3.12. The Balaban J connectivity index is 2.99. The molecule has 0 spiro atoms. The van der Waals surface area contributed by atoms with Crippen molar-refractivity contribution >= 4 is 6.29 Å². The zero-order valence-electron chi connectivity index (χ0n) is 15.7. The van der Waals surface area contributed by atoms with Crippen molar-refractivity contribution in [3.05, 3.63) is 0 Å². The first kappa shape index (κ1) is 22.6. The van der Waals surface area contributed by atoms with Crippen LogP contribution in [0.1, 0.15) is 122 Å². The van der Waals surface area contributed by atoms with Gasteiger partial charge in [-0.05, 0) is 6.42 Å². The molecule has 0 aliphatic carbocycles. The number of aliphatic hydroxyl groups excluding tert-OH is 1. The summed E-state index contributed by atoms with van der Waals surface area (Å²) in [5.74, 6) is 0. The summed E-state index contributed by atoms with van der Waals surface area (Å²) in [5, 5.41) is 9.06. The summed E-state index contributed by atoms with van der Waals surface area (Å²) in [6.07, 6.45) is 24.4. The highest BCUT2D eigenvalue weighted by Crippen LogP contribution is 2.14. The van der Waals surface area contributed by atoms with Gasteiger partial charge in [0.1, 0.15) is 6.10 Å². The smallest absolute Gasteiger partial charge is 0.229 e. The highest BCUT2D eigenvalue weighted by Gasteiger charge is 2.01. The molecular formula is C21H41O2. The molecule has 1 atom stereocenters. The summed E-state index contributed by atoms with van der Waals surface area (Å²) < 4.78 is 0. The minimum Gasteiger partial charge on any atom is -0.385 e. The molecule has 0 aromatic heterocycles. The van der Waals surface area contributed by atoms with Crippen molar-refractivity contribution in [3.8, 4) is 0 Å². The van der Waals surface area contributed by atoms with Crippen molar-refractivity contribution in [2.75, 3.05) is 0 Å². The van der Waals surface area contributed by atoms with Crippen LogP contribution in [0.15, 0.2) is 0 Å². The second-order valence-electron chi connectivity index (χ2n) is 7.08. The standard InChI is InChI=1S/C21H41O2/c1-2-3-4-5-6-7-8-9-10-11-12-13-14-15-16-17-18-19-21(23)20-22/h21,23H,2-19H2,1H3. The van der Waals surface area contributed by atoms with E-state index < -0.39 is 6.10 Å². The molecule has 1 N–H and O–H groups in total. The molecule has 0 amide bonds. The van der Waals surface area contributed by atoms with Gasteiger partial charge in [0.05, 0.1) is 0 Å². The van der Waals surface area contributed by atoms with Gasteiger partial charge >= 0.3 is 0 Å². The molecule has 0 bridgehead atoms. The van der Waals surface area contributed by atoms with Crippen molar-refractivity contribution in [1.29, 1.82) is 0 Å². The summed E-state index contributed by atoms with van der Waals surface area (Å²) in [6.45, 7) is 2.28.